The molecule has 0 spiro atoms. The Bertz CT molecular complexity index is 261. The average Bonchev–Trinajstić information content (AvgIpc) is 2.44. The first-order valence-corrected chi connectivity index (χ1v) is 6.09. The van der Waals surface area contributed by atoms with Crippen LogP contribution in [-0.2, 0) is 28.5 Å². The number of esters is 2. The van der Waals surface area contributed by atoms with Crippen LogP contribution in [0.2, 0.25) is 0 Å². The van der Waals surface area contributed by atoms with E-state index in [0.717, 1.165) is 12.2 Å². The molecule has 0 aromatic heterocycles. The van der Waals surface area contributed by atoms with Crippen molar-refractivity contribution in [3.63, 3.8) is 0 Å². The van der Waals surface area contributed by atoms with Gasteiger partial charge in [0.25, 0.3) is 0 Å². The van der Waals surface area contributed by atoms with E-state index >= 15 is 0 Å². The molecule has 0 aliphatic rings. The lowest BCUT2D eigenvalue weighted by Crippen LogP contribution is -2.12. The van der Waals surface area contributed by atoms with Crippen LogP contribution in [0.5, 0.6) is 0 Å². The highest BCUT2D eigenvalue weighted by atomic mass is 16.6. The molecule has 0 heterocycles. The zero-order valence-electron chi connectivity index (χ0n) is 11.2. The van der Waals surface area contributed by atoms with Gasteiger partial charge in [-0.2, -0.15) is 0 Å². The maximum absolute atomic E-state index is 11.1. The van der Waals surface area contributed by atoms with E-state index in [1.807, 2.05) is 0 Å². The van der Waals surface area contributed by atoms with Crippen LogP contribution < -0.4 is 0 Å². The third kappa shape index (κ3) is 13.0. The van der Waals surface area contributed by atoms with Gasteiger partial charge in [-0.15, -0.1) is 0 Å². The number of hydrogen-bond donors (Lipinski definition) is 2. The number of carbonyl (C=O) groups excluding carboxylic acids is 2. The van der Waals surface area contributed by atoms with Gasteiger partial charge in [0.2, 0.25) is 0 Å². The van der Waals surface area contributed by atoms with Gasteiger partial charge in [-0.25, -0.2) is 9.59 Å². The fourth-order valence-electron chi connectivity index (χ4n) is 0.968. The number of aliphatic hydroxyl groups is 2. The summed E-state index contributed by atoms with van der Waals surface area (Å²) in [6, 6.07) is 0. The molecule has 0 bridgehead atoms. The van der Waals surface area contributed by atoms with Gasteiger partial charge in [0.15, 0.2) is 0 Å². The summed E-state index contributed by atoms with van der Waals surface area (Å²) in [6.07, 6.45) is 1.89. The fourth-order valence-corrected chi connectivity index (χ4v) is 0.968. The van der Waals surface area contributed by atoms with Crippen LogP contribution in [0.15, 0.2) is 12.2 Å². The van der Waals surface area contributed by atoms with Gasteiger partial charge in [-0.1, -0.05) is 0 Å². The van der Waals surface area contributed by atoms with Crippen LogP contribution in [0.25, 0.3) is 0 Å². The van der Waals surface area contributed by atoms with Crippen molar-refractivity contribution in [2.75, 3.05) is 52.9 Å². The number of carbonyl (C=O) groups is 2. The molecule has 2 N–H and O–H groups in total. The van der Waals surface area contributed by atoms with Crippen molar-refractivity contribution in [2.45, 2.75) is 0 Å². The highest BCUT2D eigenvalue weighted by molar-refractivity contribution is 5.91. The predicted molar refractivity (Wildman–Crippen MR) is 66.9 cm³/mol. The number of ether oxygens (including phenoxy) is 4. The lowest BCUT2D eigenvalue weighted by Gasteiger charge is -2.03. The summed E-state index contributed by atoms with van der Waals surface area (Å²) in [5, 5.41) is 16.8. The Labute approximate surface area is 116 Å². The molecule has 0 aliphatic heterocycles. The van der Waals surface area contributed by atoms with E-state index in [-0.39, 0.29) is 52.9 Å². The largest absolute Gasteiger partial charge is 0.460 e. The SMILES string of the molecule is O=C(/C=C/C(=O)OCCOCCO)OCCOCCO. The van der Waals surface area contributed by atoms with Crippen molar-refractivity contribution in [1.82, 2.24) is 0 Å². The van der Waals surface area contributed by atoms with Crippen molar-refractivity contribution >= 4 is 11.9 Å². The van der Waals surface area contributed by atoms with Crippen molar-refractivity contribution < 1.29 is 38.7 Å². The Morgan fingerprint density at radius 3 is 1.45 bits per heavy atom. The van der Waals surface area contributed by atoms with Crippen molar-refractivity contribution in [2.24, 2.45) is 0 Å². The highest BCUT2D eigenvalue weighted by Crippen LogP contribution is 1.87. The van der Waals surface area contributed by atoms with Crippen molar-refractivity contribution in [3.8, 4) is 0 Å². The number of rotatable bonds is 12. The Balaban J connectivity index is 3.54. The second kappa shape index (κ2) is 13.9. The minimum Gasteiger partial charge on any atom is -0.460 e. The maximum Gasteiger partial charge on any atom is 0.331 e. The van der Waals surface area contributed by atoms with E-state index in [4.69, 9.17) is 29.2 Å². The summed E-state index contributed by atoms with van der Waals surface area (Å²) in [5.74, 6) is -1.38. The number of hydrogen-bond acceptors (Lipinski definition) is 8. The lowest BCUT2D eigenvalue weighted by atomic mass is 10.5. The van der Waals surface area contributed by atoms with Gasteiger partial charge in [-0.05, 0) is 0 Å². The van der Waals surface area contributed by atoms with Crippen LogP contribution in [0, 0.1) is 0 Å². The second-order valence-electron chi connectivity index (χ2n) is 3.34. The van der Waals surface area contributed by atoms with E-state index in [9.17, 15) is 9.59 Å². The summed E-state index contributed by atoms with van der Waals surface area (Å²) in [7, 11) is 0. The summed E-state index contributed by atoms with van der Waals surface area (Å²) in [4.78, 5) is 22.2. The molecule has 0 atom stereocenters. The number of aliphatic hydroxyl groups excluding tert-OH is 2. The Morgan fingerprint density at radius 1 is 0.700 bits per heavy atom. The van der Waals surface area contributed by atoms with Crippen molar-refractivity contribution in [1.29, 1.82) is 0 Å². The molecule has 116 valence electrons. The van der Waals surface area contributed by atoms with Crippen molar-refractivity contribution in [3.05, 3.63) is 12.2 Å². The average molecular weight is 292 g/mol. The molecular formula is C12H20O8. The molecule has 20 heavy (non-hydrogen) atoms. The lowest BCUT2D eigenvalue weighted by molar-refractivity contribution is -0.142. The molecule has 0 aromatic carbocycles. The zero-order chi connectivity index (χ0) is 15.1. The normalized spacial score (nSPS) is 10.7. The molecule has 8 nitrogen and oxygen atoms in total. The molecule has 0 radical (unpaired) electrons. The summed E-state index contributed by atoms with van der Waals surface area (Å²) < 4.78 is 19.1. The molecular weight excluding hydrogens is 272 g/mol. The molecule has 0 fully saturated rings. The van der Waals surface area contributed by atoms with Gasteiger partial charge in [-0.3, -0.25) is 0 Å². The quantitative estimate of drug-likeness (QED) is 0.258. The molecule has 0 saturated carbocycles. The topological polar surface area (TPSA) is 112 Å². The van der Waals surface area contributed by atoms with Gasteiger partial charge in [0.05, 0.1) is 39.6 Å². The van der Waals surface area contributed by atoms with Crippen LogP contribution in [0.1, 0.15) is 0 Å². The van der Waals surface area contributed by atoms with Gasteiger partial charge < -0.3 is 29.2 Å². The minimum atomic E-state index is -0.689. The molecule has 0 rings (SSSR count). The van der Waals surface area contributed by atoms with E-state index in [1.165, 1.54) is 0 Å². The van der Waals surface area contributed by atoms with Crippen LogP contribution in [0.4, 0.5) is 0 Å². The Morgan fingerprint density at radius 2 is 1.10 bits per heavy atom. The Hall–Kier alpha value is -1.48. The van der Waals surface area contributed by atoms with E-state index < -0.39 is 11.9 Å². The summed E-state index contributed by atoms with van der Waals surface area (Å²) in [5.41, 5.74) is 0. The van der Waals surface area contributed by atoms with Crippen LogP contribution in [0.3, 0.4) is 0 Å². The maximum atomic E-state index is 11.1. The summed E-state index contributed by atoms with van der Waals surface area (Å²) >= 11 is 0. The van der Waals surface area contributed by atoms with Crippen LogP contribution >= 0.6 is 0 Å². The summed E-state index contributed by atoms with van der Waals surface area (Å²) in [6.45, 7) is 0.583. The molecule has 0 aliphatic carbocycles. The first-order chi connectivity index (χ1) is 9.70. The molecule has 0 unspecified atom stereocenters. The van der Waals surface area contributed by atoms with Gasteiger partial charge in [0, 0.05) is 12.2 Å². The van der Waals surface area contributed by atoms with E-state index in [2.05, 4.69) is 0 Å². The highest BCUT2D eigenvalue weighted by Gasteiger charge is 2.01. The van der Waals surface area contributed by atoms with E-state index in [0.29, 0.717) is 0 Å². The molecule has 8 heteroatoms. The molecule has 0 saturated heterocycles. The first-order valence-electron chi connectivity index (χ1n) is 6.09. The van der Waals surface area contributed by atoms with Gasteiger partial charge >= 0.3 is 11.9 Å². The monoisotopic (exact) mass is 292 g/mol. The Kier molecular flexibility index (Phi) is 12.9. The third-order valence-electron chi connectivity index (χ3n) is 1.77. The fraction of sp³-hybridized carbons (Fsp3) is 0.667. The van der Waals surface area contributed by atoms with E-state index in [1.54, 1.807) is 0 Å². The van der Waals surface area contributed by atoms with Crippen LogP contribution in [-0.4, -0.2) is 75.0 Å². The second-order valence-corrected chi connectivity index (χ2v) is 3.34. The third-order valence-corrected chi connectivity index (χ3v) is 1.77. The standard InChI is InChI=1S/C12H20O8/c13-3-5-17-7-9-19-11(15)1-2-12(16)20-10-8-18-6-4-14/h1-2,13-14H,3-10H2/b2-1+. The first kappa shape index (κ1) is 18.5. The molecule has 0 aromatic rings. The van der Waals surface area contributed by atoms with Gasteiger partial charge in [0.1, 0.15) is 13.2 Å². The minimum absolute atomic E-state index is 0.0349. The molecule has 0 amide bonds. The predicted octanol–water partition coefficient (Wildman–Crippen LogP) is -1.35. The zero-order valence-corrected chi connectivity index (χ0v) is 11.2. The smallest absolute Gasteiger partial charge is 0.331 e.